The molecule has 1 fully saturated rings. The van der Waals surface area contributed by atoms with Gasteiger partial charge in [-0.25, -0.2) is 4.98 Å². The molecule has 0 aromatic carbocycles. The topological polar surface area (TPSA) is 68.1 Å². The molecule has 1 aromatic rings. The number of nitro groups is 1. The van der Waals surface area contributed by atoms with Crippen LogP contribution in [-0.2, 0) is 0 Å². The Labute approximate surface area is 117 Å². The Morgan fingerprint density at radius 3 is 2.74 bits per heavy atom. The number of nitrogens with one attached hydrogen (secondary N) is 1. The van der Waals surface area contributed by atoms with E-state index in [0.29, 0.717) is 10.8 Å². The van der Waals surface area contributed by atoms with E-state index in [4.69, 9.17) is 11.6 Å². The fraction of sp³-hybridized carbons (Fsp3) is 0.615. The number of rotatable bonds is 4. The predicted molar refractivity (Wildman–Crippen MR) is 75.6 cm³/mol. The lowest BCUT2D eigenvalue weighted by atomic mass is 9.76. The van der Waals surface area contributed by atoms with E-state index in [0.717, 1.165) is 6.54 Å². The number of aromatic nitrogens is 1. The highest BCUT2D eigenvalue weighted by Crippen LogP contribution is 2.36. The highest BCUT2D eigenvalue weighted by molar-refractivity contribution is 6.33. The van der Waals surface area contributed by atoms with Crippen LogP contribution in [0.3, 0.4) is 0 Å². The third kappa shape index (κ3) is 3.56. The summed E-state index contributed by atoms with van der Waals surface area (Å²) in [6.45, 7) is 3.07. The van der Waals surface area contributed by atoms with Crippen molar-refractivity contribution < 1.29 is 4.92 Å². The average Bonchev–Trinajstić information content (AvgIpc) is 2.38. The maximum absolute atomic E-state index is 10.6. The van der Waals surface area contributed by atoms with Crippen molar-refractivity contribution in [2.75, 3.05) is 11.9 Å². The molecule has 0 bridgehead atoms. The van der Waals surface area contributed by atoms with E-state index in [1.54, 1.807) is 0 Å². The van der Waals surface area contributed by atoms with E-state index in [-0.39, 0.29) is 11.1 Å². The first-order valence-electron chi connectivity index (χ1n) is 6.54. The highest BCUT2D eigenvalue weighted by Gasteiger charge is 2.26. The molecule has 1 N–H and O–H groups in total. The smallest absolute Gasteiger partial charge is 0.289 e. The molecule has 0 aliphatic heterocycles. The molecule has 19 heavy (non-hydrogen) atoms. The van der Waals surface area contributed by atoms with Crippen LogP contribution in [0.1, 0.15) is 39.0 Å². The van der Waals surface area contributed by atoms with Crippen molar-refractivity contribution in [2.24, 2.45) is 5.41 Å². The van der Waals surface area contributed by atoms with Crippen LogP contribution in [0.15, 0.2) is 12.3 Å². The second-order valence-corrected chi connectivity index (χ2v) is 5.91. The van der Waals surface area contributed by atoms with Gasteiger partial charge in [-0.2, -0.15) is 0 Å². The first kappa shape index (κ1) is 14.1. The van der Waals surface area contributed by atoms with E-state index in [1.165, 1.54) is 44.4 Å². The van der Waals surface area contributed by atoms with Gasteiger partial charge < -0.3 is 5.32 Å². The standard InChI is InChI=1S/C13H18ClN3O2/c1-13(5-3-2-4-6-13)9-16-12-11(14)7-10(8-15-12)17(18)19/h7-8H,2-6,9H2,1H3,(H,15,16). The Hall–Kier alpha value is -1.36. The van der Waals surface area contributed by atoms with E-state index in [1.807, 2.05) is 0 Å². The average molecular weight is 284 g/mol. The van der Waals surface area contributed by atoms with Gasteiger partial charge in [-0.1, -0.05) is 37.8 Å². The highest BCUT2D eigenvalue weighted by atomic mass is 35.5. The summed E-state index contributed by atoms with van der Waals surface area (Å²) in [5.41, 5.74) is 0.185. The van der Waals surface area contributed by atoms with Gasteiger partial charge in [0.15, 0.2) is 0 Å². The zero-order chi connectivity index (χ0) is 13.9. The Kier molecular flexibility index (Phi) is 4.24. The molecule has 104 valence electrons. The van der Waals surface area contributed by atoms with Gasteiger partial charge in [0.1, 0.15) is 12.0 Å². The fourth-order valence-corrected chi connectivity index (χ4v) is 2.76. The van der Waals surface area contributed by atoms with Crippen LogP contribution in [0.5, 0.6) is 0 Å². The Morgan fingerprint density at radius 2 is 2.16 bits per heavy atom. The van der Waals surface area contributed by atoms with Crippen LogP contribution >= 0.6 is 11.6 Å². The summed E-state index contributed by atoms with van der Waals surface area (Å²) in [5.74, 6) is 0.527. The lowest BCUT2D eigenvalue weighted by Gasteiger charge is -2.33. The maximum Gasteiger partial charge on any atom is 0.289 e. The summed E-state index contributed by atoms with van der Waals surface area (Å²) >= 11 is 6.01. The third-order valence-electron chi connectivity index (χ3n) is 3.78. The van der Waals surface area contributed by atoms with Crippen molar-refractivity contribution in [3.63, 3.8) is 0 Å². The Bertz CT molecular complexity index is 473. The van der Waals surface area contributed by atoms with Gasteiger partial charge in [-0.3, -0.25) is 10.1 Å². The van der Waals surface area contributed by atoms with Gasteiger partial charge >= 0.3 is 0 Å². The Morgan fingerprint density at radius 1 is 1.47 bits per heavy atom. The summed E-state index contributed by atoms with van der Waals surface area (Å²) in [6, 6.07) is 1.33. The zero-order valence-electron chi connectivity index (χ0n) is 11.0. The minimum Gasteiger partial charge on any atom is -0.368 e. The predicted octanol–water partition coefficient (Wildman–Crippen LogP) is 4.03. The summed E-state index contributed by atoms with van der Waals surface area (Å²) in [4.78, 5) is 14.1. The van der Waals surface area contributed by atoms with Crippen molar-refractivity contribution in [3.8, 4) is 0 Å². The molecule has 6 heteroatoms. The molecule has 1 saturated carbocycles. The molecular weight excluding hydrogens is 266 g/mol. The number of hydrogen-bond acceptors (Lipinski definition) is 4. The maximum atomic E-state index is 10.6. The molecule has 0 spiro atoms. The first-order chi connectivity index (χ1) is 9.00. The van der Waals surface area contributed by atoms with E-state index in [2.05, 4.69) is 17.2 Å². The monoisotopic (exact) mass is 283 g/mol. The lowest BCUT2D eigenvalue weighted by molar-refractivity contribution is -0.385. The minimum atomic E-state index is -0.495. The summed E-state index contributed by atoms with van der Waals surface area (Å²) in [7, 11) is 0. The van der Waals surface area contributed by atoms with Gasteiger partial charge in [0.25, 0.3) is 5.69 Å². The van der Waals surface area contributed by atoms with Gasteiger partial charge in [-0.15, -0.1) is 0 Å². The van der Waals surface area contributed by atoms with Crippen LogP contribution in [0.4, 0.5) is 11.5 Å². The van der Waals surface area contributed by atoms with Crippen molar-refractivity contribution in [1.82, 2.24) is 4.98 Å². The van der Waals surface area contributed by atoms with Crippen molar-refractivity contribution in [2.45, 2.75) is 39.0 Å². The van der Waals surface area contributed by atoms with Crippen LogP contribution in [0.2, 0.25) is 5.02 Å². The third-order valence-corrected chi connectivity index (χ3v) is 4.07. The first-order valence-corrected chi connectivity index (χ1v) is 6.92. The number of hydrogen-bond donors (Lipinski definition) is 1. The molecule has 0 amide bonds. The van der Waals surface area contributed by atoms with E-state index < -0.39 is 4.92 Å². The van der Waals surface area contributed by atoms with Crippen LogP contribution < -0.4 is 5.32 Å². The number of anilines is 1. The van der Waals surface area contributed by atoms with Gasteiger partial charge in [0, 0.05) is 12.6 Å². The quantitative estimate of drug-likeness (QED) is 0.669. The zero-order valence-corrected chi connectivity index (χ0v) is 11.7. The molecule has 1 aliphatic rings. The van der Waals surface area contributed by atoms with E-state index in [9.17, 15) is 10.1 Å². The van der Waals surface area contributed by atoms with Gasteiger partial charge in [0.2, 0.25) is 0 Å². The summed E-state index contributed by atoms with van der Waals surface area (Å²) in [5, 5.41) is 14.1. The van der Waals surface area contributed by atoms with Gasteiger partial charge in [0.05, 0.1) is 9.95 Å². The molecule has 2 rings (SSSR count). The van der Waals surface area contributed by atoms with Crippen molar-refractivity contribution in [3.05, 3.63) is 27.4 Å². The molecule has 0 unspecified atom stereocenters. The Balaban J connectivity index is 2.01. The van der Waals surface area contributed by atoms with Crippen LogP contribution in [-0.4, -0.2) is 16.5 Å². The fourth-order valence-electron chi connectivity index (χ4n) is 2.54. The molecule has 1 aliphatic carbocycles. The number of nitrogens with zero attached hydrogens (tertiary/aromatic N) is 2. The molecule has 1 aromatic heterocycles. The number of pyridine rings is 1. The SMILES string of the molecule is CC1(CNc2ncc([N+](=O)[O-])cc2Cl)CCCCC1. The van der Waals surface area contributed by atoms with Gasteiger partial charge in [-0.05, 0) is 18.3 Å². The molecule has 5 nitrogen and oxygen atoms in total. The molecule has 0 radical (unpaired) electrons. The number of halogens is 1. The summed E-state index contributed by atoms with van der Waals surface area (Å²) in [6.07, 6.45) is 7.47. The molecule has 0 atom stereocenters. The largest absolute Gasteiger partial charge is 0.368 e. The van der Waals surface area contributed by atoms with Crippen molar-refractivity contribution in [1.29, 1.82) is 0 Å². The molecule has 1 heterocycles. The van der Waals surface area contributed by atoms with Crippen molar-refractivity contribution >= 4 is 23.1 Å². The van der Waals surface area contributed by atoms with E-state index >= 15 is 0 Å². The molecular formula is C13H18ClN3O2. The summed E-state index contributed by atoms with van der Waals surface area (Å²) < 4.78 is 0. The lowest BCUT2D eigenvalue weighted by Crippen LogP contribution is -2.29. The van der Waals surface area contributed by atoms with Crippen LogP contribution in [0, 0.1) is 15.5 Å². The molecule has 0 saturated heterocycles. The minimum absolute atomic E-state index is 0.0839. The second-order valence-electron chi connectivity index (χ2n) is 5.51. The second kappa shape index (κ2) is 5.74. The normalized spacial score (nSPS) is 18.0. The van der Waals surface area contributed by atoms with Crippen LogP contribution in [0.25, 0.3) is 0 Å².